The summed E-state index contributed by atoms with van der Waals surface area (Å²) >= 11 is 0. The third-order valence-electron chi connectivity index (χ3n) is 5.25. The highest BCUT2D eigenvalue weighted by Gasteiger charge is 2.23. The van der Waals surface area contributed by atoms with Gasteiger partial charge in [0.1, 0.15) is 5.75 Å². The number of guanidine groups is 1. The lowest BCUT2D eigenvalue weighted by Gasteiger charge is -2.13. The molecule has 1 aromatic carbocycles. The number of rotatable bonds is 13. The number of aliphatic imine (C=N–C) groups is 1. The van der Waals surface area contributed by atoms with Gasteiger partial charge in [-0.1, -0.05) is 12.1 Å². The van der Waals surface area contributed by atoms with Crippen molar-refractivity contribution in [1.82, 2.24) is 16.0 Å². The summed E-state index contributed by atoms with van der Waals surface area (Å²) in [5.74, 6) is 1.45. The van der Waals surface area contributed by atoms with E-state index in [0.717, 1.165) is 70.8 Å². The summed E-state index contributed by atoms with van der Waals surface area (Å²) in [6, 6.07) is 8.23. The van der Waals surface area contributed by atoms with Gasteiger partial charge in [0.15, 0.2) is 12.6 Å². The Labute approximate surface area is 185 Å². The van der Waals surface area contributed by atoms with Crippen LogP contribution in [-0.2, 0) is 20.7 Å². The lowest BCUT2D eigenvalue weighted by atomic mass is 10.1. The molecule has 0 aromatic heterocycles. The van der Waals surface area contributed by atoms with E-state index in [9.17, 15) is 4.79 Å². The molecule has 1 saturated heterocycles. The van der Waals surface area contributed by atoms with Crippen molar-refractivity contribution in [3.05, 3.63) is 29.8 Å². The van der Waals surface area contributed by atoms with E-state index in [0.29, 0.717) is 18.4 Å². The Hall–Kier alpha value is -2.32. The first-order valence-corrected chi connectivity index (χ1v) is 11.4. The highest BCUT2D eigenvalue weighted by atomic mass is 16.5. The van der Waals surface area contributed by atoms with Gasteiger partial charge in [0.25, 0.3) is 5.91 Å². The predicted molar refractivity (Wildman–Crippen MR) is 121 cm³/mol. The summed E-state index contributed by atoms with van der Waals surface area (Å²) in [4.78, 5) is 15.9. The Balaban J connectivity index is 1.22. The molecule has 1 amide bonds. The van der Waals surface area contributed by atoms with Gasteiger partial charge in [-0.3, -0.25) is 9.79 Å². The highest BCUT2D eigenvalue weighted by molar-refractivity contribution is 5.79. The molecule has 1 aromatic rings. The first kappa shape index (κ1) is 23.3. The molecule has 8 nitrogen and oxygen atoms in total. The van der Waals surface area contributed by atoms with E-state index in [-0.39, 0.29) is 18.6 Å². The number of carbonyl (C=O) groups is 1. The van der Waals surface area contributed by atoms with Crippen LogP contribution in [-0.4, -0.2) is 70.6 Å². The summed E-state index contributed by atoms with van der Waals surface area (Å²) in [5.41, 5.74) is 1.19. The molecule has 8 heteroatoms. The maximum absolute atomic E-state index is 11.7. The zero-order valence-electron chi connectivity index (χ0n) is 18.5. The van der Waals surface area contributed by atoms with Crippen LogP contribution < -0.4 is 20.7 Å². The molecule has 172 valence electrons. The van der Waals surface area contributed by atoms with E-state index in [1.807, 2.05) is 24.3 Å². The molecule has 1 saturated carbocycles. The van der Waals surface area contributed by atoms with Crippen molar-refractivity contribution in [3.63, 3.8) is 0 Å². The van der Waals surface area contributed by atoms with Crippen LogP contribution in [0.25, 0.3) is 0 Å². The quantitative estimate of drug-likeness (QED) is 0.249. The predicted octanol–water partition coefficient (Wildman–Crippen LogP) is 1.64. The molecular formula is C23H36N4O4. The van der Waals surface area contributed by atoms with E-state index in [1.165, 1.54) is 5.56 Å². The van der Waals surface area contributed by atoms with Crippen LogP contribution in [0.5, 0.6) is 5.75 Å². The summed E-state index contributed by atoms with van der Waals surface area (Å²) in [5, 5.41) is 9.55. The Morgan fingerprint density at radius 2 is 1.97 bits per heavy atom. The smallest absolute Gasteiger partial charge is 0.258 e. The normalized spacial score (nSPS) is 18.6. The molecule has 0 spiro atoms. The van der Waals surface area contributed by atoms with Crippen LogP contribution in [0.15, 0.2) is 29.3 Å². The zero-order chi connectivity index (χ0) is 21.7. The number of ether oxygens (including phenoxy) is 3. The van der Waals surface area contributed by atoms with E-state index in [1.54, 1.807) is 7.05 Å². The number of hydrogen-bond acceptors (Lipinski definition) is 5. The molecule has 0 bridgehead atoms. The van der Waals surface area contributed by atoms with Crippen molar-refractivity contribution in [2.75, 3.05) is 46.6 Å². The molecule has 2 aliphatic rings. The average Bonchev–Trinajstić information content (AvgIpc) is 3.44. The van der Waals surface area contributed by atoms with Gasteiger partial charge in [0.2, 0.25) is 0 Å². The lowest BCUT2D eigenvalue weighted by molar-refractivity contribution is -0.123. The monoisotopic (exact) mass is 432 g/mol. The average molecular weight is 433 g/mol. The van der Waals surface area contributed by atoms with Crippen LogP contribution >= 0.6 is 0 Å². The van der Waals surface area contributed by atoms with Gasteiger partial charge in [0, 0.05) is 39.4 Å². The molecule has 0 radical (unpaired) electrons. The summed E-state index contributed by atoms with van der Waals surface area (Å²) in [6.45, 7) is 3.95. The van der Waals surface area contributed by atoms with Gasteiger partial charge in [-0.15, -0.1) is 0 Å². The third-order valence-corrected chi connectivity index (χ3v) is 5.25. The third kappa shape index (κ3) is 9.57. The standard InChI is InChI=1S/C23H36N4O4/c1-24-23(25-12-3-14-29-16-21-4-2-15-30-21)26-13-11-18-5-9-20(10-6-18)31-17-22(28)27-19-7-8-19/h5-6,9-10,19,21H,2-4,7-8,11-17H2,1H3,(H,27,28)(H2,24,25,26). The number of carbonyl (C=O) groups excluding carboxylic acids is 1. The van der Waals surface area contributed by atoms with Crippen molar-refractivity contribution in [1.29, 1.82) is 0 Å². The number of benzene rings is 1. The van der Waals surface area contributed by atoms with Crippen molar-refractivity contribution < 1.29 is 19.0 Å². The van der Waals surface area contributed by atoms with Gasteiger partial charge in [-0.25, -0.2) is 0 Å². The number of hydrogen-bond donors (Lipinski definition) is 3. The zero-order valence-corrected chi connectivity index (χ0v) is 18.5. The van der Waals surface area contributed by atoms with Gasteiger partial charge in [-0.2, -0.15) is 0 Å². The Morgan fingerprint density at radius 3 is 2.68 bits per heavy atom. The number of nitrogens with one attached hydrogen (secondary N) is 3. The van der Waals surface area contributed by atoms with E-state index in [2.05, 4.69) is 20.9 Å². The second kappa shape index (κ2) is 13.2. The van der Waals surface area contributed by atoms with Crippen molar-refractivity contribution in [2.24, 2.45) is 4.99 Å². The van der Waals surface area contributed by atoms with Crippen LogP contribution in [0, 0.1) is 0 Å². The minimum absolute atomic E-state index is 0.0518. The van der Waals surface area contributed by atoms with Gasteiger partial charge >= 0.3 is 0 Å². The van der Waals surface area contributed by atoms with Gasteiger partial charge in [-0.05, 0) is 56.2 Å². The minimum atomic E-state index is -0.0518. The van der Waals surface area contributed by atoms with E-state index in [4.69, 9.17) is 14.2 Å². The molecule has 1 atom stereocenters. The first-order chi connectivity index (χ1) is 15.2. The van der Waals surface area contributed by atoms with Crippen LogP contribution in [0.2, 0.25) is 0 Å². The molecule has 1 unspecified atom stereocenters. The Morgan fingerprint density at radius 1 is 1.16 bits per heavy atom. The summed E-state index contributed by atoms with van der Waals surface area (Å²) in [7, 11) is 1.77. The molecule has 1 aliphatic heterocycles. The molecule has 1 heterocycles. The van der Waals surface area contributed by atoms with Crippen molar-refractivity contribution in [3.8, 4) is 5.75 Å². The van der Waals surface area contributed by atoms with Crippen LogP contribution in [0.3, 0.4) is 0 Å². The van der Waals surface area contributed by atoms with E-state index < -0.39 is 0 Å². The Kier molecular flexibility index (Phi) is 9.92. The molecule has 3 rings (SSSR count). The molecule has 1 aliphatic carbocycles. The number of nitrogens with zero attached hydrogens (tertiary/aromatic N) is 1. The highest BCUT2D eigenvalue weighted by Crippen LogP contribution is 2.18. The fraction of sp³-hybridized carbons (Fsp3) is 0.652. The second-order valence-corrected chi connectivity index (χ2v) is 8.01. The largest absolute Gasteiger partial charge is 0.484 e. The maximum Gasteiger partial charge on any atom is 0.258 e. The SMILES string of the molecule is CN=C(NCCCOCC1CCCO1)NCCc1ccc(OCC(=O)NC2CC2)cc1. The maximum atomic E-state index is 11.7. The van der Waals surface area contributed by atoms with Crippen molar-refractivity contribution >= 4 is 11.9 Å². The van der Waals surface area contributed by atoms with E-state index >= 15 is 0 Å². The minimum Gasteiger partial charge on any atom is -0.484 e. The fourth-order valence-electron chi connectivity index (χ4n) is 3.32. The van der Waals surface area contributed by atoms with Crippen LogP contribution in [0.4, 0.5) is 0 Å². The second-order valence-electron chi connectivity index (χ2n) is 8.01. The Bertz CT molecular complexity index is 685. The van der Waals surface area contributed by atoms with Crippen LogP contribution in [0.1, 0.15) is 37.7 Å². The van der Waals surface area contributed by atoms with Gasteiger partial charge in [0.05, 0.1) is 12.7 Å². The lowest BCUT2D eigenvalue weighted by Crippen LogP contribution is -2.39. The molecular weight excluding hydrogens is 396 g/mol. The number of amides is 1. The topological polar surface area (TPSA) is 93.2 Å². The molecule has 2 fully saturated rings. The molecule has 31 heavy (non-hydrogen) atoms. The first-order valence-electron chi connectivity index (χ1n) is 11.4. The molecule has 3 N–H and O–H groups in total. The summed E-state index contributed by atoms with van der Waals surface area (Å²) < 4.78 is 16.8. The van der Waals surface area contributed by atoms with Gasteiger partial charge < -0.3 is 30.2 Å². The fourth-order valence-corrected chi connectivity index (χ4v) is 3.32. The summed E-state index contributed by atoms with van der Waals surface area (Å²) in [6.07, 6.45) is 6.51. The van der Waals surface area contributed by atoms with Crippen molar-refractivity contribution in [2.45, 2.75) is 50.7 Å².